The molecule has 0 aromatic rings. The predicted octanol–water partition coefficient (Wildman–Crippen LogP) is 15.4. The number of allylic oxidation sites excluding steroid dienone is 2. The number of rotatable bonds is 49. The number of esters is 2. The molecule has 0 saturated carbocycles. The van der Waals surface area contributed by atoms with E-state index in [9.17, 15) is 19.5 Å². The lowest BCUT2D eigenvalue weighted by Crippen LogP contribution is -2.50. The third-order valence-corrected chi connectivity index (χ3v) is 12.4. The summed E-state index contributed by atoms with van der Waals surface area (Å²) in [6, 6.07) is -0.611. The van der Waals surface area contributed by atoms with Crippen LogP contribution >= 0.6 is 0 Å². The molecule has 0 fully saturated rings. The number of aliphatic carboxylic acids is 1. The molecular weight excluding hydrogens is 775 g/mol. The van der Waals surface area contributed by atoms with Crippen molar-refractivity contribution in [3.8, 4) is 0 Å². The van der Waals surface area contributed by atoms with Crippen LogP contribution in [0.4, 0.5) is 0 Å². The van der Waals surface area contributed by atoms with E-state index in [1.54, 1.807) is 0 Å². The Bertz CT molecular complexity index is 1020. The Balaban J connectivity index is 4.18. The number of quaternary nitrogens is 1. The van der Waals surface area contributed by atoms with Gasteiger partial charge in [0.25, 0.3) is 0 Å². The summed E-state index contributed by atoms with van der Waals surface area (Å²) in [5.74, 6) is -1.45. The molecule has 8 nitrogen and oxygen atoms in total. The lowest BCUT2D eigenvalue weighted by atomic mass is 10.0. The number of nitrogens with zero attached hydrogens (tertiary/aromatic N) is 1. The fourth-order valence-electron chi connectivity index (χ4n) is 8.27. The van der Waals surface area contributed by atoms with Gasteiger partial charge in [-0.05, 0) is 38.5 Å². The molecule has 0 amide bonds. The first-order valence-electron chi connectivity index (χ1n) is 26.7. The van der Waals surface area contributed by atoms with Crippen LogP contribution < -0.4 is 0 Å². The van der Waals surface area contributed by atoms with Crippen molar-refractivity contribution in [3.05, 3.63) is 12.2 Å². The monoisotopic (exact) mass is 879 g/mol. The number of hydrogen-bond acceptors (Lipinski definition) is 6. The van der Waals surface area contributed by atoms with Gasteiger partial charge in [0.2, 0.25) is 0 Å². The highest BCUT2D eigenvalue weighted by Crippen LogP contribution is 2.17. The van der Waals surface area contributed by atoms with Gasteiger partial charge in [-0.3, -0.25) is 9.59 Å². The quantitative estimate of drug-likeness (QED) is 0.0281. The number of likely N-dealkylation sites (N-methyl/N-ethyl adjacent to an activating group) is 1. The first kappa shape index (κ1) is 60.1. The number of unbranched alkanes of at least 4 members (excludes halogenated alkanes) is 33. The Morgan fingerprint density at radius 3 is 1.16 bits per heavy atom. The van der Waals surface area contributed by atoms with Gasteiger partial charge in [-0.1, -0.05) is 219 Å². The number of ether oxygens (including phenoxy) is 3. The first-order chi connectivity index (χ1) is 30.1. The van der Waals surface area contributed by atoms with Gasteiger partial charge in [-0.25, -0.2) is 4.79 Å². The molecule has 0 aromatic heterocycles. The smallest absolute Gasteiger partial charge is 0.362 e. The van der Waals surface area contributed by atoms with Gasteiger partial charge < -0.3 is 23.8 Å². The first-order valence-corrected chi connectivity index (χ1v) is 26.7. The van der Waals surface area contributed by atoms with E-state index in [0.717, 1.165) is 38.5 Å². The second-order valence-electron chi connectivity index (χ2n) is 19.5. The minimum Gasteiger partial charge on any atom is -0.477 e. The van der Waals surface area contributed by atoms with E-state index in [1.165, 1.54) is 193 Å². The van der Waals surface area contributed by atoms with Crippen LogP contribution in [0.5, 0.6) is 0 Å². The lowest BCUT2D eigenvalue weighted by Gasteiger charge is -2.31. The van der Waals surface area contributed by atoms with Gasteiger partial charge in [0.15, 0.2) is 12.1 Å². The van der Waals surface area contributed by atoms with Crippen LogP contribution in [0.1, 0.15) is 264 Å². The van der Waals surface area contributed by atoms with E-state index in [0.29, 0.717) is 19.3 Å². The molecule has 0 heterocycles. The lowest BCUT2D eigenvalue weighted by molar-refractivity contribution is -0.887. The van der Waals surface area contributed by atoms with E-state index in [1.807, 2.05) is 21.1 Å². The molecule has 0 bridgehead atoms. The topological polar surface area (TPSA) is 99.1 Å². The molecule has 8 heteroatoms. The van der Waals surface area contributed by atoms with Crippen molar-refractivity contribution in [1.29, 1.82) is 0 Å². The summed E-state index contributed by atoms with van der Waals surface area (Å²) in [6.45, 7) is 4.79. The van der Waals surface area contributed by atoms with Gasteiger partial charge in [0.1, 0.15) is 6.61 Å². The zero-order valence-electron chi connectivity index (χ0n) is 41.9. The maximum Gasteiger partial charge on any atom is 0.362 e. The van der Waals surface area contributed by atoms with E-state index >= 15 is 0 Å². The summed E-state index contributed by atoms with van der Waals surface area (Å²) < 4.78 is 17.4. The summed E-state index contributed by atoms with van der Waals surface area (Å²) in [6.07, 6.45) is 51.2. The van der Waals surface area contributed by atoms with Crippen molar-refractivity contribution in [2.75, 3.05) is 41.0 Å². The number of hydrogen-bond donors (Lipinski definition) is 1. The highest BCUT2D eigenvalue weighted by molar-refractivity contribution is 5.72. The van der Waals surface area contributed by atoms with Crippen LogP contribution in [0.15, 0.2) is 12.2 Å². The van der Waals surface area contributed by atoms with Crippen LogP contribution in [-0.4, -0.2) is 80.6 Å². The standard InChI is InChI=1S/C54H103NO7/c1-6-8-10-12-14-16-18-20-22-24-25-26-27-29-30-32-34-36-38-40-42-44-52(56)61-49-50(48-60-47-46-51(54(58)59)55(3,4)5)62-53(57)45-43-41-39-37-35-33-31-28-23-21-19-17-15-13-11-9-7-2/h26-27,50-51H,6-25,28-49H2,1-5H3/p+1/b27-26+. The van der Waals surface area contributed by atoms with Crippen molar-refractivity contribution < 1.29 is 38.2 Å². The number of carboxylic acid groups (broad SMARTS) is 1. The summed E-state index contributed by atoms with van der Waals surface area (Å²) in [4.78, 5) is 37.2. The largest absolute Gasteiger partial charge is 0.477 e. The molecular formula is C54H104NO7+. The average molecular weight is 879 g/mol. The number of carbonyl (C=O) groups excluding carboxylic acids is 2. The third-order valence-electron chi connectivity index (χ3n) is 12.4. The highest BCUT2D eigenvalue weighted by Gasteiger charge is 2.31. The Labute approximate surface area is 384 Å². The van der Waals surface area contributed by atoms with Crippen LogP contribution in [0.3, 0.4) is 0 Å². The van der Waals surface area contributed by atoms with E-state index in [4.69, 9.17) is 14.2 Å². The molecule has 1 N–H and O–H groups in total. The molecule has 0 aliphatic rings. The Kier molecular flexibility index (Phi) is 44.2. The SMILES string of the molecule is CCCCCCCCCCCC/C=C/CCCCCCCCCC(=O)OCC(COCCC(C(=O)O)[N+](C)(C)C)OC(=O)CCCCCCCCCCCCCCCCCCC. The summed E-state index contributed by atoms with van der Waals surface area (Å²) in [5.41, 5.74) is 0. The van der Waals surface area contributed by atoms with Gasteiger partial charge >= 0.3 is 17.9 Å². The fourth-order valence-corrected chi connectivity index (χ4v) is 8.27. The summed E-state index contributed by atoms with van der Waals surface area (Å²) in [7, 11) is 5.55. The van der Waals surface area contributed by atoms with Gasteiger partial charge in [-0.15, -0.1) is 0 Å². The summed E-state index contributed by atoms with van der Waals surface area (Å²) in [5, 5.41) is 9.66. The third kappa shape index (κ3) is 43.3. The van der Waals surface area contributed by atoms with Crippen molar-refractivity contribution in [3.63, 3.8) is 0 Å². The molecule has 0 saturated heterocycles. The zero-order valence-corrected chi connectivity index (χ0v) is 41.9. The maximum absolute atomic E-state index is 12.8. The van der Waals surface area contributed by atoms with Gasteiger partial charge in [-0.2, -0.15) is 0 Å². The molecule has 0 aliphatic heterocycles. The van der Waals surface area contributed by atoms with E-state index < -0.39 is 18.1 Å². The molecule has 62 heavy (non-hydrogen) atoms. The second-order valence-corrected chi connectivity index (χ2v) is 19.5. The molecule has 0 radical (unpaired) electrons. The minimum atomic E-state index is -0.871. The van der Waals surface area contributed by atoms with Crippen molar-refractivity contribution in [2.45, 2.75) is 276 Å². The Morgan fingerprint density at radius 1 is 0.468 bits per heavy atom. The minimum absolute atomic E-state index is 0.0466. The van der Waals surface area contributed by atoms with Crippen LogP contribution in [0, 0.1) is 0 Å². The average Bonchev–Trinajstić information content (AvgIpc) is 3.23. The molecule has 2 atom stereocenters. The number of carboxylic acids is 1. The zero-order chi connectivity index (χ0) is 45.6. The summed E-state index contributed by atoms with van der Waals surface area (Å²) >= 11 is 0. The van der Waals surface area contributed by atoms with Crippen LogP contribution in [0.2, 0.25) is 0 Å². The second kappa shape index (κ2) is 45.6. The molecule has 0 aromatic carbocycles. The highest BCUT2D eigenvalue weighted by atomic mass is 16.6. The Morgan fingerprint density at radius 2 is 0.806 bits per heavy atom. The molecule has 0 aliphatic carbocycles. The van der Waals surface area contributed by atoms with E-state index in [-0.39, 0.29) is 36.2 Å². The van der Waals surface area contributed by atoms with Crippen molar-refractivity contribution >= 4 is 17.9 Å². The van der Waals surface area contributed by atoms with Crippen LogP contribution in [0.25, 0.3) is 0 Å². The molecule has 0 spiro atoms. The molecule has 366 valence electrons. The molecule has 2 unspecified atom stereocenters. The number of carbonyl (C=O) groups is 3. The van der Waals surface area contributed by atoms with Gasteiger partial charge in [0.05, 0.1) is 34.4 Å². The maximum atomic E-state index is 12.8. The predicted molar refractivity (Wildman–Crippen MR) is 262 cm³/mol. The molecule has 0 rings (SSSR count). The van der Waals surface area contributed by atoms with Crippen molar-refractivity contribution in [1.82, 2.24) is 0 Å². The normalized spacial score (nSPS) is 12.9. The van der Waals surface area contributed by atoms with Crippen molar-refractivity contribution in [2.24, 2.45) is 0 Å². The van der Waals surface area contributed by atoms with Gasteiger partial charge in [0, 0.05) is 19.3 Å². The fraction of sp³-hybridized carbons (Fsp3) is 0.907. The van der Waals surface area contributed by atoms with E-state index in [2.05, 4.69) is 26.0 Å². The van der Waals surface area contributed by atoms with Crippen LogP contribution in [-0.2, 0) is 28.6 Å². The Hall–Kier alpha value is -1.93.